The molecular weight excluding hydrogens is 320 g/mol. The van der Waals surface area contributed by atoms with E-state index in [0.29, 0.717) is 24.8 Å². The summed E-state index contributed by atoms with van der Waals surface area (Å²) in [5.74, 6) is 0.752. The summed E-state index contributed by atoms with van der Waals surface area (Å²) in [7, 11) is 0. The van der Waals surface area contributed by atoms with E-state index in [9.17, 15) is 9.59 Å². The van der Waals surface area contributed by atoms with Crippen LogP contribution in [0.1, 0.15) is 37.0 Å². The number of nitrogens with zero attached hydrogens (tertiary/aromatic N) is 4. The van der Waals surface area contributed by atoms with Gasteiger partial charge in [0.1, 0.15) is 0 Å². The quantitative estimate of drug-likeness (QED) is 0.855. The third-order valence-electron chi connectivity index (χ3n) is 4.92. The SMILES string of the molecule is Cc1nc(C2CCCN2C(=O)C2CC(=O)N(c3ccccc3)C2)no1. The number of aryl methyl sites for hydroxylation is 1. The zero-order valence-electron chi connectivity index (χ0n) is 14.1. The molecule has 1 aromatic heterocycles. The topological polar surface area (TPSA) is 79.5 Å². The largest absolute Gasteiger partial charge is 0.340 e. The number of likely N-dealkylation sites (tertiary alicyclic amines) is 1. The van der Waals surface area contributed by atoms with E-state index >= 15 is 0 Å². The number of para-hydroxylation sites is 1. The molecule has 0 aliphatic carbocycles. The van der Waals surface area contributed by atoms with Crippen LogP contribution in [0.2, 0.25) is 0 Å². The molecule has 2 aromatic rings. The summed E-state index contributed by atoms with van der Waals surface area (Å²) in [5, 5.41) is 3.98. The van der Waals surface area contributed by atoms with Crippen molar-refractivity contribution >= 4 is 17.5 Å². The standard InChI is InChI=1S/C18H20N4O3/c1-12-19-17(20-25-12)15-8-5-9-21(15)18(24)13-10-16(23)22(11-13)14-6-3-2-4-7-14/h2-4,6-7,13,15H,5,8-11H2,1H3. The molecule has 2 amide bonds. The normalized spacial score (nSPS) is 23.5. The van der Waals surface area contributed by atoms with E-state index < -0.39 is 0 Å². The Labute approximate surface area is 145 Å². The van der Waals surface area contributed by atoms with Gasteiger partial charge >= 0.3 is 0 Å². The zero-order chi connectivity index (χ0) is 17.4. The van der Waals surface area contributed by atoms with E-state index in [1.54, 1.807) is 11.8 Å². The molecule has 0 saturated carbocycles. The van der Waals surface area contributed by atoms with Crippen LogP contribution in [0.25, 0.3) is 0 Å². The Morgan fingerprint density at radius 2 is 2.08 bits per heavy atom. The summed E-state index contributed by atoms with van der Waals surface area (Å²) in [5.41, 5.74) is 0.842. The minimum atomic E-state index is -0.318. The molecule has 3 heterocycles. The van der Waals surface area contributed by atoms with E-state index in [1.807, 2.05) is 35.2 Å². The predicted molar refractivity (Wildman–Crippen MR) is 89.6 cm³/mol. The lowest BCUT2D eigenvalue weighted by Crippen LogP contribution is -2.37. The van der Waals surface area contributed by atoms with Gasteiger partial charge in [0.15, 0.2) is 5.82 Å². The van der Waals surface area contributed by atoms with Crippen molar-refractivity contribution in [2.45, 2.75) is 32.2 Å². The molecule has 7 heteroatoms. The van der Waals surface area contributed by atoms with Gasteiger partial charge in [-0.05, 0) is 25.0 Å². The van der Waals surface area contributed by atoms with Gasteiger partial charge in [0.05, 0.1) is 12.0 Å². The van der Waals surface area contributed by atoms with Gasteiger partial charge in [0.2, 0.25) is 17.7 Å². The lowest BCUT2D eigenvalue weighted by atomic mass is 10.1. The minimum Gasteiger partial charge on any atom is -0.340 e. The third-order valence-corrected chi connectivity index (χ3v) is 4.92. The minimum absolute atomic E-state index is 0.00398. The highest BCUT2D eigenvalue weighted by molar-refractivity contribution is 6.00. The summed E-state index contributed by atoms with van der Waals surface area (Å²) < 4.78 is 5.06. The molecule has 1 aromatic carbocycles. The number of aromatic nitrogens is 2. The molecule has 25 heavy (non-hydrogen) atoms. The van der Waals surface area contributed by atoms with Gasteiger partial charge in [0.25, 0.3) is 0 Å². The fourth-order valence-electron chi connectivity index (χ4n) is 3.71. The van der Waals surface area contributed by atoms with Crippen molar-refractivity contribution in [2.75, 3.05) is 18.0 Å². The molecule has 130 valence electrons. The van der Waals surface area contributed by atoms with Gasteiger partial charge in [-0.2, -0.15) is 4.98 Å². The van der Waals surface area contributed by atoms with Gasteiger partial charge in [-0.1, -0.05) is 23.4 Å². The Kier molecular flexibility index (Phi) is 3.99. The van der Waals surface area contributed by atoms with Crippen molar-refractivity contribution < 1.29 is 14.1 Å². The molecule has 2 fully saturated rings. The highest BCUT2D eigenvalue weighted by Gasteiger charge is 2.41. The van der Waals surface area contributed by atoms with Crippen LogP contribution >= 0.6 is 0 Å². The summed E-state index contributed by atoms with van der Waals surface area (Å²) in [6.45, 7) is 2.84. The van der Waals surface area contributed by atoms with Crippen LogP contribution in [0.15, 0.2) is 34.9 Å². The smallest absolute Gasteiger partial charge is 0.228 e. The number of hydrogen-bond donors (Lipinski definition) is 0. The van der Waals surface area contributed by atoms with E-state index in [4.69, 9.17) is 4.52 Å². The van der Waals surface area contributed by atoms with Crippen molar-refractivity contribution in [1.82, 2.24) is 15.0 Å². The highest BCUT2D eigenvalue weighted by atomic mass is 16.5. The summed E-state index contributed by atoms with van der Waals surface area (Å²) in [6.07, 6.45) is 1.99. The maximum absolute atomic E-state index is 13.0. The molecule has 2 aliphatic rings. The van der Waals surface area contributed by atoms with E-state index in [0.717, 1.165) is 18.5 Å². The Morgan fingerprint density at radius 1 is 1.28 bits per heavy atom. The molecule has 0 bridgehead atoms. The summed E-state index contributed by atoms with van der Waals surface area (Å²) >= 11 is 0. The first kappa shape index (κ1) is 15.8. The fraction of sp³-hybridized carbons (Fsp3) is 0.444. The van der Waals surface area contributed by atoms with Crippen LogP contribution in [0.4, 0.5) is 5.69 Å². The maximum atomic E-state index is 13.0. The number of carbonyl (C=O) groups is 2. The van der Waals surface area contributed by atoms with Gasteiger partial charge in [-0.3, -0.25) is 9.59 Å². The van der Waals surface area contributed by atoms with Crippen molar-refractivity contribution in [3.63, 3.8) is 0 Å². The van der Waals surface area contributed by atoms with E-state index in [2.05, 4.69) is 10.1 Å². The predicted octanol–water partition coefficient (Wildman–Crippen LogP) is 2.09. The highest BCUT2D eigenvalue weighted by Crippen LogP contribution is 2.34. The molecule has 2 saturated heterocycles. The molecule has 2 unspecified atom stereocenters. The van der Waals surface area contributed by atoms with Crippen LogP contribution in [0.5, 0.6) is 0 Å². The van der Waals surface area contributed by atoms with Gasteiger partial charge < -0.3 is 14.3 Å². The number of anilines is 1. The monoisotopic (exact) mass is 340 g/mol. The second-order valence-corrected chi connectivity index (χ2v) is 6.60. The number of rotatable bonds is 3. The fourth-order valence-corrected chi connectivity index (χ4v) is 3.71. The van der Waals surface area contributed by atoms with Crippen molar-refractivity contribution in [3.8, 4) is 0 Å². The first-order valence-electron chi connectivity index (χ1n) is 8.59. The molecule has 2 atom stereocenters. The Bertz CT molecular complexity index is 789. The average Bonchev–Trinajstić information content (AvgIpc) is 3.34. The Morgan fingerprint density at radius 3 is 2.80 bits per heavy atom. The lowest BCUT2D eigenvalue weighted by Gasteiger charge is -2.25. The van der Waals surface area contributed by atoms with Crippen LogP contribution in [0.3, 0.4) is 0 Å². The van der Waals surface area contributed by atoms with Crippen molar-refractivity contribution in [1.29, 1.82) is 0 Å². The molecule has 4 rings (SSSR count). The summed E-state index contributed by atoms with van der Waals surface area (Å²) in [4.78, 5) is 33.2. The van der Waals surface area contributed by atoms with Gasteiger partial charge in [-0.25, -0.2) is 0 Å². The zero-order valence-corrected chi connectivity index (χ0v) is 14.1. The van der Waals surface area contributed by atoms with Crippen LogP contribution < -0.4 is 4.90 Å². The van der Waals surface area contributed by atoms with Crippen LogP contribution in [0, 0.1) is 12.8 Å². The Hall–Kier alpha value is -2.70. The van der Waals surface area contributed by atoms with E-state index in [1.165, 1.54) is 0 Å². The molecule has 0 N–H and O–H groups in total. The van der Waals surface area contributed by atoms with Crippen molar-refractivity contribution in [2.24, 2.45) is 5.92 Å². The van der Waals surface area contributed by atoms with Crippen molar-refractivity contribution in [3.05, 3.63) is 42.0 Å². The maximum Gasteiger partial charge on any atom is 0.228 e. The second-order valence-electron chi connectivity index (χ2n) is 6.60. The number of amides is 2. The molecule has 7 nitrogen and oxygen atoms in total. The molecular formula is C18H20N4O3. The summed E-state index contributed by atoms with van der Waals surface area (Å²) in [6, 6.07) is 9.34. The van der Waals surface area contributed by atoms with Crippen LogP contribution in [-0.2, 0) is 9.59 Å². The average molecular weight is 340 g/mol. The number of benzene rings is 1. The molecule has 0 radical (unpaired) electrons. The van der Waals surface area contributed by atoms with Gasteiger partial charge in [-0.15, -0.1) is 0 Å². The third kappa shape index (κ3) is 2.90. The second kappa shape index (κ2) is 6.31. The first-order chi connectivity index (χ1) is 12.1. The van der Waals surface area contributed by atoms with Crippen LogP contribution in [-0.4, -0.2) is 39.9 Å². The van der Waals surface area contributed by atoms with E-state index in [-0.39, 0.29) is 30.2 Å². The molecule has 2 aliphatic heterocycles. The van der Waals surface area contributed by atoms with Gasteiger partial charge in [0, 0.05) is 32.1 Å². The molecule has 0 spiro atoms. The number of hydrogen-bond acceptors (Lipinski definition) is 5. The number of carbonyl (C=O) groups excluding carboxylic acids is 2. The lowest BCUT2D eigenvalue weighted by molar-refractivity contribution is -0.136. The Balaban J connectivity index is 1.50. The first-order valence-corrected chi connectivity index (χ1v) is 8.59.